The van der Waals surface area contributed by atoms with Crippen LogP contribution in [-0.2, 0) is 0 Å². The summed E-state index contributed by atoms with van der Waals surface area (Å²) in [6.07, 6.45) is 4.96. The van der Waals surface area contributed by atoms with Gasteiger partial charge in [-0.2, -0.15) is 0 Å². The van der Waals surface area contributed by atoms with Gasteiger partial charge in [-0.25, -0.2) is 9.97 Å². The van der Waals surface area contributed by atoms with Gasteiger partial charge in [0, 0.05) is 22.7 Å². The van der Waals surface area contributed by atoms with Crippen LogP contribution in [0, 0.1) is 11.8 Å². The zero-order valence-electron chi connectivity index (χ0n) is 12.7. The molecule has 1 saturated carbocycles. The molecule has 2 aromatic rings. The number of rotatable bonds is 2. The molecule has 118 valence electrons. The molecule has 0 unspecified atom stereocenters. The monoisotopic (exact) mass is 327 g/mol. The Morgan fingerprint density at radius 3 is 2.52 bits per heavy atom. The second-order valence-electron chi connectivity index (χ2n) is 5.70. The summed E-state index contributed by atoms with van der Waals surface area (Å²) >= 11 is 5.86. The summed E-state index contributed by atoms with van der Waals surface area (Å²) < 4.78 is 0. The molecule has 0 bridgehead atoms. The highest BCUT2D eigenvalue weighted by molar-refractivity contribution is 6.30. The minimum atomic E-state index is -0.153. The number of hydrogen-bond acceptors (Lipinski definition) is 4. The van der Waals surface area contributed by atoms with E-state index >= 15 is 0 Å². The highest BCUT2D eigenvalue weighted by atomic mass is 35.5. The summed E-state index contributed by atoms with van der Waals surface area (Å²) in [6, 6.07) is 9.59. The van der Waals surface area contributed by atoms with Crippen molar-refractivity contribution in [2.45, 2.75) is 37.8 Å². The third-order valence-electron chi connectivity index (χ3n) is 3.89. The van der Waals surface area contributed by atoms with Crippen molar-refractivity contribution in [3.63, 3.8) is 0 Å². The third kappa shape index (κ3) is 4.69. The molecule has 23 heavy (non-hydrogen) atoms. The van der Waals surface area contributed by atoms with E-state index in [1.807, 2.05) is 30.3 Å². The summed E-state index contributed by atoms with van der Waals surface area (Å²) in [5.74, 6) is 6.89. The fourth-order valence-electron chi connectivity index (χ4n) is 2.60. The van der Waals surface area contributed by atoms with Gasteiger partial charge in [-0.15, -0.1) is 0 Å². The van der Waals surface area contributed by atoms with Crippen molar-refractivity contribution in [3.8, 4) is 11.8 Å². The average molecular weight is 328 g/mol. The Kier molecular flexibility index (Phi) is 5.12. The van der Waals surface area contributed by atoms with Crippen molar-refractivity contribution < 1.29 is 5.11 Å². The molecule has 0 aliphatic heterocycles. The van der Waals surface area contributed by atoms with Crippen molar-refractivity contribution in [3.05, 3.63) is 52.9 Å². The van der Waals surface area contributed by atoms with Gasteiger partial charge in [0.25, 0.3) is 0 Å². The van der Waals surface area contributed by atoms with Crippen LogP contribution in [0.15, 0.2) is 36.7 Å². The first-order chi connectivity index (χ1) is 11.2. The Balaban J connectivity index is 1.67. The molecule has 1 fully saturated rings. The molecule has 1 aliphatic rings. The van der Waals surface area contributed by atoms with Crippen LogP contribution in [0.1, 0.15) is 36.9 Å². The highest BCUT2D eigenvalue weighted by Crippen LogP contribution is 2.21. The lowest BCUT2D eigenvalue weighted by atomic mass is 9.93. The van der Waals surface area contributed by atoms with Crippen molar-refractivity contribution in [2.24, 2.45) is 0 Å². The number of nitrogens with one attached hydrogen (secondary N) is 1. The second-order valence-corrected chi connectivity index (χ2v) is 6.13. The van der Waals surface area contributed by atoms with Gasteiger partial charge in [0.1, 0.15) is 17.8 Å². The molecular formula is C18H18ClN3O. The fraction of sp³-hybridized carbons (Fsp3) is 0.333. The number of aliphatic hydroxyl groups is 1. The normalized spacial score (nSPS) is 20.4. The van der Waals surface area contributed by atoms with Crippen LogP contribution in [0.3, 0.4) is 0 Å². The molecule has 1 aromatic heterocycles. The van der Waals surface area contributed by atoms with Crippen LogP contribution < -0.4 is 5.32 Å². The van der Waals surface area contributed by atoms with Crippen molar-refractivity contribution in [1.29, 1.82) is 0 Å². The molecule has 1 aromatic carbocycles. The molecule has 1 aliphatic carbocycles. The molecule has 0 saturated heterocycles. The van der Waals surface area contributed by atoms with Gasteiger partial charge in [0.15, 0.2) is 0 Å². The average Bonchev–Trinajstić information content (AvgIpc) is 2.57. The molecule has 2 N–H and O–H groups in total. The minimum absolute atomic E-state index is 0.153. The van der Waals surface area contributed by atoms with Crippen molar-refractivity contribution in [2.75, 3.05) is 5.32 Å². The van der Waals surface area contributed by atoms with Crippen LogP contribution in [0.5, 0.6) is 0 Å². The molecule has 5 heteroatoms. The number of benzene rings is 1. The molecule has 3 rings (SSSR count). The lowest BCUT2D eigenvalue weighted by molar-refractivity contribution is 0.126. The van der Waals surface area contributed by atoms with E-state index in [0.717, 1.165) is 37.1 Å². The number of anilines is 1. The lowest BCUT2D eigenvalue weighted by Crippen LogP contribution is -2.28. The first-order valence-electron chi connectivity index (χ1n) is 7.73. The highest BCUT2D eigenvalue weighted by Gasteiger charge is 2.19. The summed E-state index contributed by atoms with van der Waals surface area (Å²) in [5, 5.41) is 13.6. The van der Waals surface area contributed by atoms with Gasteiger partial charge in [-0.05, 0) is 55.9 Å². The Hall–Kier alpha value is -2.09. The van der Waals surface area contributed by atoms with Crippen LogP contribution in [-0.4, -0.2) is 27.2 Å². The Labute approximate surface area is 140 Å². The summed E-state index contributed by atoms with van der Waals surface area (Å²) in [6.45, 7) is 0. The topological polar surface area (TPSA) is 58.0 Å². The van der Waals surface area contributed by atoms with Crippen LogP contribution in [0.4, 0.5) is 5.82 Å². The van der Waals surface area contributed by atoms with E-state index in [1.54, 1.807) is 0 Å². The largest absolute Gasteiger partial charge is 0.393 e. The summed E-state index contributed by atoms with van der Waals surface area (Å²) in [7, 11) is 0. The van der Waals surface area contributed by atoms with Gasteiger partial charge in [0.2, 0.25) is 0 Å². The third-order valence-corrected chi connectivity index (χ3v) is 4.15. The van der Waals surface area contributed by atoms with Gasteiger partial charge in [0.05, 0.1) is 6.10 Å². The quantitative estimate of drug-likeness (QED) is 0.831. The van der Waals surface area contributed by atoms with E-state index in [0.29, 0.717) is 16.8 Å². The second kappa shape index (κ2) is 7.45. The number of aromatic nitrogens is 2. The number of hydrogen-bond donors (Lipinski definition) is 2. The van der Waals surface area contributed by atoms with Crippen LogP contribution in [0.2, 0.25) is 5.02 Å². The van der Waals surface area contributed by atoms with Crippen LogP contribution >= 0.6 is 11.6 Å². The van der Waals surface area contributed by atoms with E-state index in [2.05, 4.69) is 27.1 Å². The molecule has 0 radical (unpaired) electrons. The summed E-state index contributed by atoms with van der Waals surface area (Å²) in [4.78, 5) is 8.44. The maximum Gasteiger partial charge on any atom is 0.130 e. The fourth-order valence-corrected chi connectivity index (χ4v) is 2.73. The molecule has 4 nitrogen and oxygen atoms in total. The first kappa shape index (κ1) is 15.8. The Morgan fingerprint density at radius 1 is 1.04 bits per heavy atom. The van der Waals surface area contributed by atoms with Crippen molar-refractivity contribution in [1.82, 2.24) is 9.97 Å². The van der Waals surface area contributed by atoms with Gasteiger partial charge in [-0.3, -0.25) is 0 Å². The van der Waals surface area contributed by atoms with Gasteiger partial charge < -0.3 is 10.4 Å². The molecule has 1 heterocycles. The van der Waals surface area contributed by atoms with E-state index in [-0.39, 0.29) is 6.10 Å². The number of halogens is 1. The summed E-state index contributed by atoms with van der Waals surface area (Å²) in [5.41, 5.74) is 1.57. The maximum absolute atomic E-state index is 9.55. The van der Waals surface area contributed by atoms with E-state index in [1.165, 1.54) is 6.33 Å². The minimum Gasteiger partial charge on any atom is -0.393 e. The van der Waals surface area contributed by atoms with Gasteiger partial charge in [-0.1, -0.05) is 17.5 Å². The van der Waals surface area contributed by atoms with Crippen molar-refractivity contribution >= 4 is 17.4 Å². The standard InChI is InChI=1S/C18H18ClN3O/c19-14-4-1-13(2-5-14)3-6-16-11-18(21-12-20-16)22-15-7-9-17(23)10-8-15/h1-2,4-5,11-12,15,17,23H,7-10H2,(H,20,21,22)/t15-,17-. The zero-order valence-corrected chi connectivity index (χ0v) is 13.4. The van der Waals surface area contributed by atoms with E-state index in [9.17, 15) is 5.11 Å². The Bertz CT molecular complexity index is 713. The Morgan fingerprint density at radius 2 is 1.78 bits per heavy atom. The molecule has 0 atom stereocenters. The molecule has 0 amide bonds. The molecule has 0 spiro atoms. The molecular weight excluding hydrogens is 310 g/mol. The van der Waals surface area contributed by atoms with Crippen LogP contribution in [0.25, 0.3) is 0 Å². The van der Waals surface area contributed by atoms with E-state index < -0.39 is 0 Å². The zero-order chi connectivity index (χ0) is 16.1. The number of aliphatic hydroxyl groups excluding tert-OH is 1. The van der Waals surface area contributed by atoms with Gasteiger partial charge >= 0.3 is 0 Å². The first-order valence-corrected chi connectivity index (χ1v) is 8.11. The van der Waals surface area contributed by atoms with E-state index in [4.69, 9.17) is 11.6 Å². The predicted octanol–water partition coefficient (Wildman–Crippen LogP) is 3.25. The lowest BCUT2D eigenvalue weighted by Gasteiger charge is -2.26. The smallest absolute Gasteiger partial charge is 0.130 e. The number of nitrogens with zero attached hydrogens (tertiary/aromatic N) is 2. The maximum atomic E-state index is 9.55. The SMILES string of the molecule is O[C@H]1CC[C@H](Nc2cc(C#Cc3ccc(Cl)cc3)ncn2)CC1. The predicted molar refractivity (Wildman–Crippen MR) is 91.3 cm³/mol.